The van der Waals surface area contributed by atoms with E-state index in [0.29, 0.717) is 17.3 Å². The van der Waals surface area contributed by atoms with Crippen LogP contribution in [0.15, 0.2) is 59.6 Å². The number of benzene rings is 1. The van der Waals surface area contributed by atoms with Crippen LogP contribution >= 0.6 is 11.3 Å². The average molecular weight is 474 g/mol. The van der Waals surface area contributed by atoms with Crippen LogP contribution in [-0.4, -0.2) is 22.0 Å². The number of unbranched alkanes of at least 4 members (excludes halogenated alkanes) is 3. The summed E-state index contributed by atoms with van der Waals surface area (Å²) >= 11 is 1.53. The Morgan fingerprint density at radius 3 is 2.61 bits per heavy atom. The van der Waals surface area contributed by atoms with Gasteiger partial charge in [0.25, 0.3) is 0 Å². The van der Waals surface area contributed by atoms with Gasteiger partial charge in [0.2, 0.25) is 0 Å². The van der Waals surface area contributed by atoms with Gasteiger partial charge >= 0.3 is 6.18 Å². The number of nitrogens with one attached hydrogen (secondary N) is 1. The molecule has 0 atom stereocenters. The van der Waals surface area contributed by atoms with Gasteiger partial charge in [-0.25, -0.2) is 4.98 Å². The Balaban J connectivity index is 2.07. The molecule has 4 N–H and O–H groups in total. The number of aryl methyl sites for hydroxylation is 1. The van der Waals surface area contributed by atoms with Crippen LogP contribution in [0.5, 0.6) is 5.75 Å². The summed E-state index contributed by atoms with van der Waals surface area (Å²) in [7, 11) is 0. The number of halogens is 3. The van der Waals surface area contributed by atoms with Crippen molar-refractivity contribution in [3.63, 3.8) is 0 Å². The Morgan fingerprint density at radius 1 is 1.15 bits per heavy atom. The second-order valence-corrected chi connectivity index (χ2v) is 8.66. The lowest BCUT2D eigenvalue weighted by atomic mass is 10.0. The normalized spacial score (nSPS) is 12.2. The van der Waals surface area contributed by atoms with E-state index < -0.39 is 17.6 Å². The van der Waals surface area contributed by atoms with E-state index in [1.165, 1.54) is 23.8 Å². The molecule has 0 unspecified atom stereocenters. The van der Waals surface area contributed by atoms with E-state index in [1.807, 2.05) is 5.38 Å². The number of phenols is 1. The van der Waals surface area contributed by atoms with Crippen molar-refractivity contribution in [2.45, 2.75) is 45.2 Å². The van der Waals surface area contributed by atoms with E-state index in [2.05, 4.69) is 18.0 Å². The quantitative estimate of drug-likeness (QED) is 0.229. The Labute approximate surface area is 195 Å². The molecule has 0 aliphatic rings. The standard InChI is InChI=1S/C25H26F3N3OS/c1-2-3-4-5-8-16-11-12-33-24(16)17-13-20(18-9-6-7-10-22(18)32)31-21(14-17)19(29)15-23(30)25(26,27)28/h6-7,9-15,29,32H,2-5,8,30H2,1H3. The van der Waals surface area contributed by atoms with Crippen molar-refractivity contribution >= 4 is 17.0 Å². The number of phenolic OH excluding ortho intramolecular Hbond substituents is 1. The van der Waals surface area contributed by atoms with Crippen molar-refractivity contribution in [2.75, 3.05) is 0 Å². The van der Waals surface area contributed by atoms with Gasteiger partial charge in [0.1, 0.15) is 11.4 Å². The molecule has 0 saturated heterocycles. The first-order valence-electron chi connectivity index (χ1n) is 10.7. The zero-order valence-electron chi connectivity index (χ0n) is 18.2. The summed E-state index contributed by atoms with van der Waals surface area (Å²) in [5.41, 5.74) is 6.04. The van der Waals surface area contributed by atoms with Gasteiger partial charge in [0, 0.05) is 10.4 Å². The Hall–Kier alpha value is -3.13. The number of rotatable bonds is 9. The first-order chi connectivity index (χ1) is 15.7. The maximum Gasteiger partial charge on any atom is 0.430 e. The number of alkyl halides is 3. The van der Waals surface area contributed by atoms with Crippen LogP contribution in [0.4, 0.5) is 13.2 Å². The number of aromatic hydroxyl groups is 1. The van der Waals surface area contributed by atoms with Crippen molar-refractivity contribution in [1.29, 1.82) is 5.41 Å². The average Bonchev–Trinajstić information content (AvgIpc) is 3.24. The molecule has 174 valence electrons. The number of hydrogen-bond acceptors (Lipinski definition) is 5. The molecule has 1 aromatic carbocycles. The predicted octanol–water partition coefficient (Wildman–Crippen LogP) is 7.08. The third-order valence-electron chi connectivity index (χ3n) is 5.22. The van der Waals surface area contributed by atoms with Gasteiger partial charge in [-0.15, -0.1) is 11.3 Å². The maximum absolute atomic E-state index is 12.9. The first-order valence-corrected chi connectivity index (χ1v) is 11.6. The lowest BCUT2D eigenvalue weighted by molar-refractivity contribution is -0.0925. The van der Waals surface area contributed by atoms with Crippen molar-refractivity contribution in [3.05, 3.63) is 70.9 Å². The van der Waals surface area contributed by atoms with Gasteiger partial charge in [0.15, 0.2) is 0 Å². The highest BCUT2D eigenvalue weighted by Crippen LogP contribution is 2.36. The molecule has 0 spiro atoms. The number of para-hydroxylation sites is 1. The second-order valence-electron chi connectivity index (χ2n) is 7.74. The number of thiophene rings is 1. The molecule has 0 amide bonds. The van der Waals surface area contributed by atoms with Crippen LogP contribution in [0, 0.1) is 5.41 Å². The second kappa shape index (κ2) is 10.7. The minimum absolute atomic E-state index is 0.00375. The number of hydrogen-bond donors (Lipinski definition) is 3. The lowest BCUT2D eigenvalue weighted by Crippen LogP contribution is -2.21. The fraction of sp³-hybridized carbons (Fsp3) is 0.280. The van der Waals surface area contributed by atoms with Crippen molar-refractivity contribution in [1.82, 2.24) is 4.98 Å². The Morgan fingerprint density at radius 2 is 1.91 bits per heavy atom. The highest BCUT2D eigenvalue weighted by atomic mass is 32.1. The Bertz CT molecular complexity index is 1150. The predicted molar refractivity (Wildman–Crippen MR) is 128 cm³/mol. The van der Waals surface area contributed by atoms with E-state index in [9.17, 15) is 18.3 Å². The molecule has 0 bridgehead atoms. The molecule has 0 saturated carbocycles. The molecule has 8 heteroatoms. The van der Waals surface area contributed by atoms with Gasteiger partial charge in [-0.1, -0.05) is 38.3 Å². The molecule has 2 aromatic heterocycles. The lowest BCUT2D eigenvalue weighted by Gasteiger charge is -2.12. The molecule has 2 heterocycles. The molecule has 0 aliphatic carbocycles. The van der Waals surface area contributed by atoms with Gasteiger partial charge in [-0.05, 0) is 65.8 Å². The van der Waals surface area contributed by atoms with Gasteiger partial charge in [-0.3, -0.25) is 5.41 Å². The van der Waals surface area contributed by atoms with E-state index in [0.717, 1.165) is 41.7 Å². The monoisotopic (exact) mass is 473 g/mol. The summed E-state index contributed by atoms with van der Waals surface area (Å²) in [6.07, 6.45) is 1.21. The number of nitrogens with zero attached hydrogens (tertiary/aromatic N) is 1. The van der Waals surface area contributed by atoms with Gasteiger partial charge < -0.3 is 10.8 Å². The van der Waals surface area contributed by atoms with Crippen LogP contribution in [0.25, 0.3) is 21.7 Å². The summed E-state index contributed by atoms with van der Waals surface area (Å²) in [6, 6.07) is 12.1. The number of aromatic nitrogens is 1. The highest BCUT2D eigenvalue weighted by Gasteiger charge is 2.31. The van der Waals surface area contributed by atoms with E-state index in [4.69, 9.17) is 11.1 Å². The third-order valence-corrected chi connectivity index (χ3v) is 6.22. The number of pyridine rings is 1. The molecule has 0 aliphatic heterocycles. The third kappa shape index (κ3) is 6.22. The Kier molecular flexibility index (Phi) is 7.92. The van der Waals surface area contributed by atoms with Crippen molar-refractivity contribution in [2.24, 2.45) is 5.73 Å². The number of allylic oxidation sites excluding steroid dienone is 2. The molecular weight excluding hydrogens is 447 g/mol. The van der Waals surface area contributed by atoms with Crippen LogP contribution in [-0.2, 0) is 6.42 Å². The molecule has 3 aromatic rings. The summed E-state index contributed by atoms with van der Waals surface area (Å²) in [5, 5.41) is 20.5. The zero-order chi connectivity index (χ0) is 24.0. The summed E-state index contributed by atoms with van der Waals surface area (Å²) in [6.45, 7) is 2.16. The molecule has 3 rings (SSSR count). The van der Waals surface area contributed by atoms with E-state index >= 15 is 0 Å². The zero-order valence-corrected chi connectivity index (χ0v) is 19.1. The molecule has 4 nitrogen and oxygen atoms in total. The molecular formula is C25H26F3N3OS. The van der Waals surface area contributed by atoms with Gasteiger partial charge in [0.05, 0.1) is 17.1 Å². The molecule has 33 heavy (non-hydrogen) atoms. The van der Waals surface area contributed by atoms with Crippen LogP contribution in [0.2, 0.25) is 0 Å². The first kappa shape index (κ1) is 24.5. The highest BCUT2D eigenvalue weighted by molar-refractivity contribution is 7.13. The molecule has 0 radical (unpaired) electrons. The van der Waals surface area contributed by atoms with E-state index in [-0.39, 0.29) is 11.4 Å². The number of nitrogens with two attached hydrogens (primary N) is 1. The summed E-state index contributed by atoms with van der Waals surface area (Å²) in [5.74, 6) is -0.00375. The largest absolute Gasteiger partial charge is 0.507 e. The minimum atomic E-state index is -4.73. The van der Waals surface area contributed by atoms with Crippen LogP contribution < -0.4 is 5.73 Å². The topological polar surface area (TPSA) is 83.0 Å². The van der Waals surface area contributed by atoms with Crippen LogP contribution in [0.3, 0.4) is 0 Å². The maximum atomic E-state index is 12.9. The van der Waals surface area contributed by atoms with Crippen molar-refractivity contribution < 1.29 is 18.3 Å². The van der Waals surface area contributed by atoms with Gasteiger partial charge in [-0.2, -0.15) is 13.2 Å². The minimum Gasteiger partial charge on any atom is -0.507 e. The fourth-order valence-corrected chi connectivity index (χ4v) is 4.41. The van der Waals surface area contributed by atoms with Crippen molar-refractivity contribution in [3.8, 4) is 27.4 Å². The summed E-state index contributed by atoms with van der Waals surface area (Å²) in [4.78, 5) is 5.36. The summed E-state index contributed by atoms with van der Waals surface area (Å²) < 4.78 is 38.7. The fourth-order valence-electron chi connectivity index (χ4n) is 3.47. The smallest absolute Gasteiger partial charge is 0.430 e. The van der Waals surface area contributed by atoms with Crippen LogP contribution in [0.1, 0.15) is 43.9 Å². The molecule has 0 fully saturated rings. The SMILES string of the molecule is CCCCCCc1ccsc1-c1cc(C(=N)C=C(N)C(F)(F)F)nc(-c2ccccc2O)c1. The van der Waals surface area contributed by atoms with E-state index in [1.54, 1.807) is 30.3 Å².